The summed E-state index contributed by atoms with van der Waals surface area (Å²) in [6, 6.07) is 11.8. The lowest BCUT2D eigenvalue weighted by atomic mass is 10.2. The summed E-state index contributed by atoms with van der Waals surface area (Å²) in [6.45, 7) is 4.56. The molecule has 1 aromatic carbocycles. The number of fused-ring (bicyclic) bond motifs is 1. The van der Waals surface area contributed by atoms with Gasteiger partial charge in [-0.05, 0) is 32.5 Å². The summed E-state index contributed by atoms with van der Waals surface area (Å²) in [5.74, 6) is -0.0545. The highest BCUT2D eigenvalue weighted by Gasteiger charge is 2.19. The molecule has 0 aliphatic heterocycles. The van der Waals surface area contributed by atoms with Crippen LogP contribution in [0.15, 0.2) is 42.6 Å². The fourth-order valence-electron chi connectivity index (χ4n) is 2.83. The van der Waals surface area contributed by atoms with Crippen LogP contribution in [0.3, 0.4) is 0 Å². The number of rotatable bonds is 5. The van der Waals surface area contributed by atoms with Gasteiger partial charge in [0.15, 0.2) is 5.65 Å². The van der Waals surface area contributed by atoms with Gasteiger partial charge in [-0.1, -0.05) is 30.3 Å². The number of anilines is 1. The van der Waals surface area contributed by atoms with Crippen LogP contribution in [0.25, 0.3) is 11.0 Å². The van der Waals surface area contributed by atoms with Crippen LogP contribution in [0.4, 0.5) is 5.69 Å². The van der Waals surface area contributed by atoms with Crippen molar-refractivity contribution in [2.24, 2.45) is 7.05 Å². The van der Waals surface area contributed by atoms with Gasteiger partial charge in [0.25, 0.3) is 0 Å². The number of aromatic nitrogens is 3. The maximum absolute atomic E-state index is 12.6. The van der Waals surface area contributed by atoms with Crippen molar-refractivity contribution in [3.63, 3.8) is 0 Å². The summed E-state index contributed by atoms with van der Waals surface area (Å²) >= 11 is 0. The largest absolute Gasteiger partial charge is 0.323 e. The molecule has 2 heterocycles. The van der Waals surface area contributed by atoms with Crippen LogP contribution >= 0.6 is 0 Å². The van der Waals surface area contributed by atoms with Gasteiger partial charge in [-0.25, -0.2) is 4.98 Å². The minimum Gasteiger partial charge on any atom is -0.323 e. The molecule has 0 aliphatic rings. The number of amides is 1. The Hall–Kier alpha value is -2.73. The second kappa shape index (κ2) is 7.03. The van der Waals surface area contributed by atoms with E-state index in [0.29, 0.717) is 12.2 Å². The van der Waals surface area contributed by atoms with Crippen LogP contribution in [0.5, 0.6) is 0 Å². The van der Waals surface area contributed by atoms with Gasteiger partial charge in [0.2, 0.25) is 5.91 Å². The molecule has 6 nitrogen and oxygen atoms in total. The molecule has 0 radical (unpaired) electrons. The van der Waals surface area contributed by atoms with Gasteiger partial charge in [-0.2, -0.15) is 5.10 Å². The van der Waals surface area contributed by atoms with Gasteiger partial charge in [0, 0.05) is 19.0 Å². The number of benzene rings is 1. The zero-order valence-electron chi connectivity index (χ0n) is 15.0. The van der Waals surface area contributed by atoms with E-state index in [4.69, 9.17) is 0 Å². The lowest BCUT2D eigenvalue weighted by molar-refractivity contribution is -0.120. The van der Waals surface area contributed by atoms with E-state index < -0.39 is 0 Å². The number of likely N-dealkylation sites (N-methyl/N-ethyl adjacent to an activating group) is 1. The van der Waals surface area contributed by atoms with Crippen molar-refractivity contribution in [3.8, 4) is 0 Å². The highest BCUT2D eigenvalue weighted by atomic mass is 16.2. The quantitative estimate of drug-likeness (QED) is 0.777. The van der Waals surface area contributed by atoms with Crippen LogP contribution in [-0.2, 0) is 18.4 Å². The number of nitrogens with one attached hydrogen (secondary N) is 1. The average molecular weight is 337 g/mol. The van der Waals surface area contributed by atoms with Crippen molar-refractivity contribution >= 4 is 22.6 Å². The molecular formula is C19H23N5O. The first-order valence-electron chi connectivity index (χ1n) is 8.30. The smallest absolute Gasteiger partial charge is 0.241 e. The monoisotopic (exact) mass is 337 g/mol. The lowest BCUT2D eigenvalue weighted by Gasteiger charge is -2.23. The van der Waals surface area contributed by atoms with Crippen LogP contribution in [0, 0.1) is 6.92 Å². The molecule has 1 unspecified atom stereocenters. The van der Waals surface area contributed by atoms with Crippen molar-refractivity contribution in [1.29, 1.82) is 0 Å². The molecule has 130 valence electrons. The number of pyridine rings is 1. The van der Waals surface area contributed by atoms with Gasteiger partial charge in [-0.3, -0.25) is 14.4 Å². The van der Waals surface area contributed by atoms with E-state index in [0.717, 1.165) is 16.7 Å². The zero-order chi connectivity index (χ0) is 18.0. The molecule has 25 heavy (non-hydrogen) atoms. The zero-order valence-corrected chi connectivity index (χ0v) is 15.0. The number of aryl methyl sites for hydroxylation is 2. The second-order valence-electron chi connectivity index (χ2n) is 6.37. The van der Waals surface area contributed by atoms with Gasteiger partial charge >= 0.3 is 0 Å². The molecule has 3 aromatic rings. The average Bonchev–Trinajstić information content (AvgIpc) is 2.89. The summed E-state index contributed by atoms with van der Waals surface area (Å²) in [6.07, 6.45) is 1.67. The summed E-state index contributed by atoms with van der Waals surface area (Å²) in [7, 11) is 3.81. The fraction of sp³-hybridized carbons (Fsp3) is 0.316. The summed E-state index contributed by atoms with van der Waals surface area (Å²) in [5, 5.41) is 8.26. The van der Waals surface area contributed by atoms with E-state index in [9.17, 15) is 4.79 Å². The molecular weight excluding hydrogens is 314 g/mol. The topological polar surface area (TPSA) is 63.1 Å². The van der Waals surface area contributed by atoms with E-state index in [1.165, 1.54) is 5.56 Å². The minimum absolute atomic E-state index is 0.0545. The van der Waals surface area contributed by atoms with E-state index in [2.05, 4.69) is 27.5 Å². The highest BCUT2D eigenvalue weighted by Crippen LogP contribution is 2.19. The van der Waals surface area contributed by atoms with Crippen LogP contribution < -0.4 is 5.32 Å². The molecule has 0 aliphatic carbocycles. The third kappa shape index (κ3) is 3.69. The third-order valence-electron chi connectivity index (χ3n) is 4.45. The van der Waals surface area contributed by atoms with Crippen molar-refractivity contribution in [3.05, 3.63) is 53.9 Å². The van der Waals surface area contributed by atoms with Gasteiger partial charge in [0.1, 0.15) is 0 Å². The molecule has 0 spiro atoms. The van der Waals surface area contributed by atoms with Gasteiger partial charge in [-0.15, -0.1) is 0 Å². The molecule has 1 atom stereocenters. The molecule has 6 heteroatoms. The molecule has 1 N–H and O–H groups in total. The van der Waals surface area contributed by atoms with Crippen LogP contribution in [-0.4, -0.2) is 38.7 Å². The Kier molecular flexibility index (Phi) is 4.81. The first kappa shape index (κ1) is 17.1. The number of carbonyl (C=O) groups is 1. The molecule has 0 fully saturated rings. The third-order valence-corrected chi connectivity index (χ3v) is 4.45. The normalized spacial score (nSPS) is 12.5. The van der Waals surface area contributed by atoms with Crippen molar-refractivity contribution < 1.29 is 4.79 Å². The number of hydrogen-bond acceptors (Lipinski definition) is 4. The standard InChI is InChI=1S/C19H23N5O/c1-13-17-10-16(11-20-18(17)24(4)22-13)21-19(25)14(2)23(3)12-15-8-6-5-7-9-15/h5-11,14H,12H2,1-4H3,(H,21,25). The van der Waals surface area contributed by atoms with E-state index in [1.54, 1.807) is 10.9 Å². The number of nitrogens with zero attached hydrogens (tertiary/aromatic N) is 4. The van der Waals surface area contributed by atoms with E-state index >= 15 is 0 Å². The molecule has 2 aromatic heterocycles. The molecule has 0 saturated carbocycles. The van der Waals surface area contributed by atoms with Crippen molar-refractivity contribution in [2.75, 3.05) is 12.4 Å². The summed E-state index contributed by atoms with van der Waals surface area (Å²) in [5.41, 5.74) is 3.58. The maximum atomic E-state index is 12.6. The molecule has 0 bridgehead atoms. The number of hydrogen-bond donors (Lipinski definition) is 1. The fourth-order valence-corrected chi connectivity index (χ4v) is 2.83. The van der Waals surface area contributed by atoms with Crippen molar-refractivity contribution in [2.45, 2.75) is 26.4 Å². The van der Waals surface area contributed by atoms with Gasteiger partial charge < -0.3 is 5.32 Å². The van der Waals surface area contributed by atoms with E-state index in [1.807, 2.05) is 57.1 Å². The highest BCUT2D eigenvalue weighted by molar-refractivity contribution is 5.96. The predicted octanol–water partition coefficient (Wildman–Crippen LogP) is 2.74. The lowest BCUT2D eigenvalue weighted by Crippen LogP contribution is -2.39. The molecule has 3 rings (SSSR count). The minimum atomic E-state index is -0.258. The summed E-state index contributed by atoms with van der Waals surface area (Å²) in [4.78, 5) is 19.0. The number of carbonyl (C=O) groups excluding carboxylic acids is 1. The van der Waals surface area contributed by atoms with Gasteiger partial charge in [0.05, 0.1) is 23.6 Å². The Balaban J connectivity index is 1.69. The SMILES string of the molecule is Cc1nn(C)c2ncc(NC(=O)C(C)N(C)Cc3ccccc3)cc12. The maximum Gasteiger partial charge on any atom is 0.241 e. The van der Waals surface area contributed by atoms with Crippen LogP contribution in [0.1, 0.15) is 18.2 Å². The first-order chi connectivity index (χ1) is 12.0. The van der Waals surface area contributed by atoms with Crippen LogP contribution in [0.2, 0.25) is 0 Å². The molecule has 0 saturated heterocycles. The Morgan fingerprint density at radius 3 is 2.76 bits per heavy atom. The first-order valence-corrected chi connectivity index (χ1v) is 8.30. The van der Waals surface area contributed by atoms with Crippen molar-refractivity contribution in [1.82, 2.24) is 19.7 Å². The predicted molar refractivity (Wildman–Crippen MR) is 99.2 cm³/mol. The Bertz CT molecular complexity index is 887. The Morgan fingerprint density at radius 1 is 1.32 bits per heavy atom. The Morgan fingerprint density at radius 2 is 2.04 bits per heavy atom. The Labute approximate surface area is 147 Å². The summed E-state index contributed by atoms with van der Waals surface area (Å²) < 4.78 is 1.74. The molecule has 1 amide bonds. The second-order valence-corrected chi connectivity index (χ2v) is 6.37. The van der Waals surface area contributed by atoms with E-state index in [-0.39, 0.29) is 11.9 Å².